The zero-order valence-electron chi connectivity index (χ0n) is 21.0. The molecule has 0 saturated heterocycles. The van der Waals surface area contributed by atoms with Crippen LogP contribution in [-0.2, 0) is 29.0 Å². The van der Waals surface area contributed by atoms with Gasteiger partial charge in [-0.25, -0.2) is 9.59 Å². The van der Waals surface area contributed by atoms with Crippen LogP contribution in [0.2, 0.25) is 0 Å². The molecule has 34 heavy (non-hydrogen) atoms. The van der Waals surface area contributed by atoms with Gasteiger partial charge in [0.25, 0.3) is 6.29 Å². The van der Waals surface area contributed by atoms with Gasteiger partial charge in [0.15, 0.2) is 0 Å². The molecule has 0 saturated carbocycles. The van der Waals surface area contributed by atoms with Crippen LogP contribution < -0.4 is 0 Å². The van der Waals surface area contributed by atoms with Crippen LogP contribution in [0.15, 0.2) is 24.3 Å². The van der Waals surface area contributed by atoms with Crippen molar-refractivity contribution in [3.8, 4) is 0 Å². The van der Waals surface area contributed by atoms with Crippen LogP contribution in [0.5, 0.6) is 0 Å². The first-order chi connectivity index (χ1) is 16.1. The molecule has 2 aromatic carbocycles. The number of ether oxygens (including phenoxy) is 2. The Labute approximate surface area is 200 Å². The van der Waals surface area contributed by atoms with Crippen molar-refractivity contribution in [2.45, 2.75) is 54.8 Å². The number of benzene rings is 2. The molecule has 0 fully saturated rings. The van der Waals surface area contributed by atoms with Gasteiger partial charge < -0.3 is 9.47 Å². The summed E-state index contributed by atoms with van der Waals surface area (Å²) in [6.45, 7) is 14.0. The molecule has 0 aliphatic heterocycles. The smallest absolute Gasteiger partial charge is 0.373 e. The van der Waals surface area contributed by atoms with Gasteiger partial charge in [0.1, 0.15) is 6.61 Å². The summed E-state index contributed by atoms with van der Waals surface area (Å²) in [5.41, 5.74) is 5.88. The zero-order chi connectivity index (χ0) is 25.3. The lowest BCUT2D eigenvalue weighted by molar-refractivity contribution is -0.427. The van der Waals surface area contributed by atoms with E-state index in [4.69, 9.17) is 29.0 Å². The molecule has 2 rings (SSSR count). The molecule has 0 aromatic heterocycles. The summed E-state index contributed by atoms with van der Waals surface area (Å²) >= 11 is 0. The highest BCUT2D eigenvalue weighted by atomic mass is 17.3. The summed E-state index contributed by atoms with van der Waals surface area (Å²) in [6, 6.07) is 7.51. The van der Waals surface area contributed by atoms with E-state index < -0.39 is 18.2 Å². The summed E-state index contributed by atoms with van der Waals surface area (Å²) in [4.78, 5) is 45.6. The van der Waals surface area contributed by atoms with Crippen molar-refractivity contribution in [3.63, 3.8) is 0 Å². The van der Waals surface area contributed by atoms with Crippen molar-refractivity contribution in [1.29, 1.82) is 0 Å². The Morgan fingerprint density at radius 3 is 1.44 bits per heavy atom. The number of aryl methyl sites for hydroxylation is 6. The molecular formula is C26H34O8. The number of rotatable bonds is 12. The van der Waals surface area contributed by atoms with Gasteiger partial charge in [-0.3, -0.25) is 9.78 Å². The Hall–Kier alpha value is -2.78. The lowest BCUT2D eigenvalue weighted by atomic mass is 10.0. The summed E-state index contributed by atoms with van der Waals surface area (Å²) in [7, 11) is 0. The average molecular weight is 475 g/mol. The Morgan fingerprint density at radius 1 is 0.676 bits per heavy atom. The second-order valence-electron chi connectivity index (χ2n) is 8.18. The summed E-state index contributed by atoms with van der Waals surface area (Å²) in [5.74, 6) is -1.37. The maximum atomic E-state index is 12.6. The molecule has 0 heterocycles. The minimum atomic E-state index is -1.30. The molecule has 0 radical (unpaired) electrons. The fraction of sp³-hybridized carbons (Fsp3) is 0.462. The van der Waals surface area contributed by atoms with Crippen LogP contribution in [0.3, 0.4) is 0 Å². The van der Waals surface area contributed by atoms with Crippen molar-refractivity contribution in [2.75, 3.05) is 26.4 Å². The van der Waals surface area contributed by atoms with Crippen molar-refractivity contribution >= 4 is 11.9 Å². The molecule has 2 aromatic rings. The summed E-state index contributed by atoms with van der Waals surface area (Å²) in [5, 5.41) is 0. The summed E-state index contributed by atoms with van der Waals surface area (Å²) < 4.78 is 10.7. The molecule has 0 spiro atoms. The van der Waals surface area contributed by atoms with Crippen LogP contribution >= 0.6 is 0 Å². The van der Waals surface area contributed by atoms with Gasteiger partial charge >= 0.3 is 11.9 Å². The van der Waals surface area contributed by atoms with E-state index in [9.17, 15) is 9.59 Å². The number of carbonyl (C=O) groups is 2. The van der Waals surface area contributed by atoms with Gasteiger partial charge in [0.2, 0.25) is 0 Å². The molecule has 0 bridgehead atoms. The second-order valence-corrected chi connectivity index (χ2v) is 8.18. The van der Waals surface area contributed by atoms with Crippen molar-refractivity contribution in [1.82, 2.24) is 0 Å². The molecule has 0 unspecified atom stereocenters. The van der Waals surface area contributed by atoms with E-state index >= 15 is 0 Å². The lowest BCUT2D eigenvalue weighted by Gasteiger charge is -2.17. The van der Waals surface area contributed by atoms with E-state index in [-0.39, 0.29) is 13.2 Å². The Bertz CT molecular complexity index is 879. The molecule has 0 aliphatic carbocycles. The third-order valence-electron chi connectivity index (χ3n) is 5.05. The topological polar surface area (TPSA) is 89.5 Å². The van der Waals surface area contributed by atoms with E-state index in [2.05, 4.69) is 0 Å². The minimum absolute atomic E-state index is 0.161. The molecule has 186 valence electrons. The monoisotopic (exact) mass is 474 g/mol. The molecule has 8 heteroatoms. The predicted molar refractivity (Wildman–Crippen MR) is 125 cm³/mol. The fourth-order valence-electron chi connectivity index (χ4n) is 3.80. The number of hydrogen-bond donors (Lipinski definition) is 0. The lowest BCUT2D eigenvalue weighted by Crippen LogP contribution is -2.28. The van der Waals surface area contributed by atoms with Gasteiger partial charge in [-0.05, 0) is 70.7 Å². The van der Waals surface area contributed by atoms with Gasteiger partial charge in [-0.1, -0.05) is 35.4 Å². The highest BCUT2D eigenvalue weighted by molar-refractivity contribution is 5.93. The summed E-state index contributed by atoms with van der Waals surface area (Å²) in [6.07, 6.45) is -1.30. The largest absolute Gasteiger partial charge is 0.379 e. The molecular weight excluding hydrogens is 440 g/mol. The molecule has 0 aliphatic rings. The van der Waals surface area contributed by atoms with Crippen molar-refractivity contribution in [2.24, 2.45) is 0 Å². The number of hydrogen-bond acceptors (Lipinski definition) is 8. The zero-order valence-corrected chi connectivity index (χ0v) is 21.0. The standard InChI is InChI=1S/C26H34O8/c1-8-29-9-10-30-15-22(31-33-25(27)23-18(4)11-16(2)12-19(23)5)32-34-26(28)24-20(6)13-17(3)14-21(24)7/h11-14,22H,8-10,15H2,1-7H3. The Morgan fingerprint density at radius 2 is 1.06 bits per heavy atom. The van der Waals surface area contributed by atoms with Crippen LogP contribution in [0.25, 0.3) is 0 Å². The third kappa shape index (κ3) is 7.92. The highest BCUT2D eigenvalue weighted by Gasteiger charge is 2.23. The molecule has 0 N–H and O–H groups in total. The van der Waals surface area contributed by atoms with Gasteiger partial charge in [0, 0.05) is 6.61 Å². The normalized spacial score (nSPS) is 11.1. The average Bonchev–Trinajstić information content (AvgIpc) is 2.73. The van der Waals surface area contributed by atoms with Crippen LogP contribution in [0, 0.1) is 41.5 Å². The first-order valence-corrected chi connectivity index (χ1v) is 11.2. The molecule has 0 amide bonds. The van der Waals surface area contributed by atoms with E-state index in [0.717, 1.165) is 33.4 Å². The Kier molecular flexibility index (Phi) is 10.7. The van der Waals surface area contributed by atoms with E-state index in [0.29, 0.717) is 24.3 Å². The quantitative estimate of drug-likeness (QED) is 0.188. The van der Waals surface area contributed by atoms with Gasteiger partial charge in [-0.15, -0.1) is 9.78 Å². The second kappa shape index (κ2) is 13.2. The first-order valence-electron chi connectivity index (χ1n) is 11.2. The van der Waals surface area contributed by atoms with Gasteiger partial charge in [0.05, 0.1) is 24.3 Å². The Balaban J connectivity index is 2.04. The van der Waals surface area contributed by atoms with E-state index in [1.807, 2.05) is 72.7 Å². The van der Waals surface area contributed by atoms with Crippen LogP contribution in [-0.4, -0.2) is 44.7 Å². The van der Waals surface area contributed by atoms with E-state index in [1.54, 1.807) is 0 Å². The van der Waals surface area contributed by atoms with Crippen LogP contribution in [0.4, 0.5) is 0 Å². The predicted octanol–water partition coefficient (Wildman–Crippen LogP) is 4.79. The fourth-order valence-corrected chi connectivity index (χ4v) is 3.80. The maximum absolute atomic E-state index is 12.6. The molecule has 0 atom stereocenters. The SMILES string of the molecule is CCOCCOCC(OOC(=O)c1c(C)cc(C)cc1C)OOC(=O)c1c(C)cc(C)cc1C. The minimum Gasteiger partial charge on any atom is -0.379 e. The van der Waals surface area contributed by atoms with Crippen molar-refractivity contribution in [3.05, 3.63) is 68.8 Å². The molecule has 8 nitrogen and oxygen atoms in total. The first kappa shape index (κ1) is 27.5. The van der Waals surface area contributed by atoms with Crippen molar-refractivity contribution < 1.29 is 38.6 Å². The van der Waals surface area contributed by atoms with E-state index in [1.165, 1.54) is 0 Å². The van der Waals surface area contributed by atoms with Gasteiger partial charge in [-0.2, -0.15) is 0 Å². The third-order valence-corrected chi connectivity index (χ3v) is 5.05. The number of carbonyl (C=O) groups excluding carboxylic acids is 2. The van der Waals surface area contributed by atoms with Crippen LogP contribution in [0.1, 0.15) is 61.0 Å². The maximum Gasteiger partial charge on any atom is 0.373 e. The highest BCUT2D eigenvalue weighted by Crippen LogP contribution is 2.19.